The van der Waals surface area contributed by atoms with Crippen LogP contribution in [0.1, 0.15) is 15.4 Å². The number of nitrogens with zero attached hydrogens (tertiary/aromatic N) is 1. The Morgan fingerprint density at radius 2 is 2.35 bits per heavy atom. The van der Waals surface area contributed by atoms with Gasteiger partial charge in [-0.2, -0.15) is 0 Å². The maximum Gasteiger partial charge on any atom is 0.347 e. The number of carbonyl (C=O) groups is 2. The van der Waals surface area contributed by atoms with Gasteiger partial charge in [-0.15, -0.1) is 17.8 Å². The molecule has 90 valence electrons. The van der Waals surface area contributed by atoms with E-state index in [0.717, 1.165) is 11.3 Å². The first kappa shape index (κ1) is 13.5. The predicted molar refractivity (Wildman–Crippen MR) is 66.4 cm³/mol. The van der Waals surface area contributed by atoms with Crippen molar-refractivity contribution >= 4 is 35.0 Å². The molecule has 0 fully saturated rings. The van der Waals surface area contributed by atoms with Crippen molar-refractivity contribution in [1.82, 2.24) is 10.3 Å². The molecule has 0 bridgehead atoms. The number of carbonyl (C=O) groups excluding carboxylic acids is 1. The predicted octanol–water partition coefficient (Wildman–Crippen LogP) is 0.991. The lowest BCUT2D eigenvalue weighted by molar-refractivity contribution is -0.118. The minimum absolute atomic E-state index is 0.174. The first-order chi connectivity index (χ1) is 8.04. The molecule has 1 aromatic rings. The summed E-state index contributed by atoms with van der Waals surface area (Å²) in [5.74, 6) is 1.27. The number of rotatable bonds is 5. The fraction of sp³-hybridized carbons (Fsp3) is 0.300. The summed E-state index contributed by atoms with van der Waals surface area (Å²) in [6.45, 7) is 1.82. The zero-order valence-electron chi connectivity index (χ0n) is 9.02. The molecule has 0 aromatic carbocycles. The monoisotopic (exact) mass is 270 g/mol. The quantitative estimate of drug-likeness (QED) is 0.616. The van der Waals surface area contributed by atoms with Crippen LogP contribution >= 0.6 is 23.1 Å². The summed E-state index contributed by atoms with van der Waals surface area (Å²) >= 11 is 2.26. The average Bonchev–Trinajstić information content (AvgIpc) is 2.65. The van der Waals surface area contributed by atoms with Crippen molar-refractivity contribution < 1.29 is 14.7 Å². The standard InChI is InChI=1S/C10H10N2O3S2/c1-3-4-11-7(13)5-16-10-12-6(2)8(17-10)9(14)15/h1H,4-5H2,2H3,(H,11,13)(H,14,15). The largest absolute Gasteiger partial charge is 0.477 e. The van der Waals surface area contributed by atoms with Gasteiger partial charge in [-0.25, -0.2) is 9.78 Å². The maximum absolute atomic E-state index is 11.2. The van der Waals surface area contributed by atoms with E-state index >= 15 is 0 Å². The third-order valence-electron chi connectivity index (χ3n) is 1.69. The summed E-state index contributed by atoms with van der Waals surface area (Å²) in [5, 5.41) is 11.3. The van der Waals surface area contributed by atoms with Crippen molar-refractivity contribution in [2.24, 2.45) is 0 Å². The van der Waals surface area contributed by atoms with Gasteiger partial charge in [0.15, 0.2) is 4.34 Å². The number of hydrogen-bond donors (Lipinski definition) is 2. The summed E-state index contributed by atoms with van der Waals surface area (Å²) in [6.07, 6.45) is 4.99. The lowest BCUT2D eigenvalue weighted by Crippen LogP contribution is -2.25. The Balaban J connectivity index is 2.53. The van der Waals surface area contributed by atoms with E-state index in [0.29, 0.717) is 10.0 Å². The topological polar surface area (TPSA) is 79.3 Å². The van der Waals surface area contributed by atoms with E-state index < -0.39 is 5.97 Å². The van der Waals surface area contributed by atoms with E-state index in [1.165, 1.54) is 11.8 Å². The molecule has 0 spiro atoms. The van der Waals surface area contributed by atoms with Gasteiger partial charge >= 0.3 is 5.97 Å². The Hall–Kier alpha value is -1.52. The van der Waals surface area contributed by atoms with Gasteiger partial charge in [0.2, 0.25) is 5.91 Å². The lowest BCUT2D eigenvalue weighted by Gasteiger charge is -1.98. The molecule has 1 heterocycles. The molecule has 0 radical (unpaired) electrons. The molecule has 0 aliphatic rings. The van der Waals surface area contributed by atoms with Crippen LogP contribution in [0.4, 0.5) is 0 Å². The Kier molecular flexibility index (Phi) is 5.00. The van der Waals surface area contributed by atoms with Crippen molar-refractivity contribution in [3.8, 4) is 12.3 Å². The number of amides is 1. The third-order valence-corrected chi connectivity index (χ3v) is 3.97. The summed E-state index contributed by atoms with van der Waals surface area (Å²) in [5.41, 5.74) is 0.467. The third kappa shape index (κ3) is 4.09. The van der Waals surface area contributed by atoms with Gasteiger partial charge in [0.25, 0.3) is 0 Å². The van der Waals surface area contributed by atoms with Crippen LogP contribution in [0.2, 0.25) is 0 Å². The Bertz CT molecular complexity index is 476. The molecule has 0 atom stereocenters. The number of nitrogens with one attached hydrogen (secondary N) is 1. The van der Waals surface area contributed by atoms with E-state index in [1.54, 1.807) is 6.92 Å². The van der Waals surface area contributed by atoms with Crippen LogP contribution in [0.25, 0.3) is 0 Å². The molecule has 1 aromatic heterocycles. The Morgan fingerprint density at radius 3 is 2.88 bits per heavy atom. The molecule has 17 heavy (non-hydrogen) atoms. The number of aromatic carboxylic acids is 1. The fourth-order valence-electron chi connectivity index (χ4n) is 0.960. The molecular formula is C10H10N2O3S2. The molecule has 0 aliphatic carbocycles. The second-order valence-electron chi connectivity index (χ2n) is 2.97. The van der Waals surface area contributed by atoms with Crippen molar-refractivity contribution in [3.05, 3.63) is 10.6 Å². The zero-order chi connectivity index (χ0) is 12.8. The van der Waals surface area contributed by atoms with Crippen LogP contribution in [0.5, 0.6) is 0 Å². The van der Waals surface area contributed by atoms with Crippen LogP contribution in [0, 0.1) is 19.3 Å². The van der Waals surface area contributed by atoms with E-state index in [1.807, 2.05) is 0 Å². The van der Waals surface area contributed by atoms with E-state index in [-0.39, 0.29) is 23.1 Å². The lowest BCUT2D eigenvalue weighted by atomic mass is 10.4. The molecule has 2 N–H and O–H groups in total. The number of carboxylic acids is 1. The van der Waals surface area contributed by atoms with Crippen molar-refractivity contribution in [1.29, 1.82) is 0 Å². The van der Waals surface area contributed by atoms with Gasteiger partial charge in [0, 0.05) is 0 Å². The van der Waals surface area contributed by atoms with Crippen molar-refractivity contribution in [3.63, 3.8) is 0 Å². The summed E-state index contributed by atoms with van der Waals surface area (Å²) in [4.78, 5) is 26.3. The zero-order valence-corrected chi connectivity index (χ0v) is 10.7. The normalized spacial score (nSPS) is 9.65. The average molecular weight is 270 g/mol. The smallest absolute Gasteiger partial charge is 0.347 e. The van der Waals surface area contributed by atoms with Crippen LogP contribution in [-0.2, 0) is 4.79 Å². The number of hydrogen-bond acceptors (Lipinski definition) is 5. The second-order valence-corrected chi connectivity index (χ2v) is 5.19. The van der Waals surface area contributed by atoms with Crippen LogP contribution < -0.4 is 5.32 Å². The SMILES string of the molecule is C#CCNC(=O)CSc1nc(C)c(C(=O)O)s1. The molecular weight excluding hydrogens is 260 g/mol. The molecule has 0 saturated heterocycles. The molecule has 1 amide bonds. The molecule has 0 saturated carbocycles. The van der Waals surface area contributed by atoms with Crippen LogP contribution in [0.3, 0.4) is 0 Å². The summed E-state index contributed by atoms with van der Waals surface area (Å²) in [7, 11) is 0. The molecule has 0 unspecified atom stereocenters. The van der Waals surface area contributed by atoms with Crippen molar-refractivity contribution in [2.45, 2.75) is 11.3 Å². The first-order valence-corrected chi connectivity index (χ1v) is 6.38. The highest BCUT2D eigenvalue weighted by Gasteiger charge is 2.14. The van der Waals surface area contributed by atoms with Gasteiger partial charge in [-0.05, 0) is 6.92 Å². The number of aryl methyl sites for hydroxylation is 1. The number of terminal acetylenes is 1. The van der Waals surface area contributed by atoms with Gasteiger partial charge in [0.1, 0.15) is 4.88 Å². The number of aromatic nitrogens is 1. The highest BCUT2D eigenvalue weighted by atomic mass is 32.2. The molecule has 1 rings (SSSR count). The Labute approximate surface area is 107 Å². The van der Waals surface area contributed by atoms with Crippen molar-refractivity contribution in [2.75, 3.05) is 12.3 Å². The summed E-state index contributed by atoms with van der Waals surface area (Å²) in [6, 6.07) is 0. The first-order valence-electron chi connectivity index (χ1n) is 4.58. The maximum atomic E-state index is 11.2. The van der Waals surface area contributed by atoms with Gasteiger partial charge < -0.3 is 10.4 Å². The molecule has 0 aliphatic heterocycles. The van der Waals surface area contributed by atoms with E-state index in [4.69, 9.17) is 11.5 Å². The summed E-state index contributed by atoms with van der Waals surface area (Å²) < 4.78 is 0.566. The van der Waals surface area contributed by atoms with Gasteiger partial charge in [-0.1, -0.05) is 17.7 Å². The second kappa shape index (κ2) is 6.27. The number of carboxylic acid groups (broad SMARTS) is 1. The van der Waals surface area contributed by atoms with Gasteiger partial charge in [-0.3, -0.25) is 4.79 Å². The Morgan fingerprint density at radius 1 is 1.65 bits per heavy atom. The van der Waals surface area contributed by atoms with Gasteiger partial charge in [0.05, 0.1) is 18.0 Å². The highest BCUT2D eigenvalue weighted by Crippen LogP contribution is 2.26. The fourth-order valence-corrected chi connectivity index (χ4v) is 2.82. The van der Waals surface area contributed by atoms with E-state index in [9.17, 15) is 9.59 Å². The molecule has 5 nitrogen and oxygen atoms in total. The van der Waals surface area contributed by atoms with Crippen LogP contribution in [-0.4, -0.2) is 34.3 Å². The molecule has 7 heteroatoms. The minimum Gasteiger partial charge on any atom is -0.477 e. The minimum atomic E-state index is -0.997. The number of thiazole rings is 1. The highest BCUT2D eigenvalue weighted by molar-refractivity contribution is 8.01. The number of thioether (sulfide) groups is 1. The van der Waals surface area contributed by atoms with Crippen LogP contribution in [0.15, 0.2) is 4.34 Å². The van der Waals surface area contributed by atoms with E-state index in [2.05, 4.69) is 16.2 Å².